The molecule has 26 N–H and O–H groups in total. The first-order chi connectivity index (χ1) is 60.0. The highest BCUT2D eigenvalue weighted by Crippen LogP contribution is 2.51. The van der Waals surface area contributed by atoms with E-state index in [9.17, 15) is 122 Å². The normalized spacial score (nSPS) is 32.8. The van der Waals surface area contributed by atoms with E-state index in [2.05, 4.69) is 35.3 Å². The number of phenolic OH excluding ortho intramolecular Hbond substituents is 4. The Morgan fingerprint density at radius 1 is 0.508 bits per heavy atom. The molecule has 16 rings (SSSR count). The molecule has 28 atom stereocenters. The molecule has 4 fully saturated rings. The van der Waals surface area contributed by atoms with Gasteiger partial charge in [-0.3, -0.25) is 0 Å². The van der Waals surface area contributed by atoms with Gasteiger partial charge in [-0.1, -0.05) is 60.1 Å². The van der Waals surface area contributed by atoms with Gasteiger partial charge in [-0.05, 0) is 133 Å². The van der Waals surface area contributed by atoms with E-state index in [0.29, 0.717) is 0 Å². The van der Waals surface area contributed by atoms with Crippen LogP contribution in [0.2, 0.25) is 5.02 Å². The fourth-order valence-corrected chi connectivity index (χ4v) is 15.6. The molecule has 0 aliphatic carbocycles. The number of hydrogen-bond donors (Lipinski definition) is 25. The molecule has 674 valence electrons. The molecule has 0 spiro atoms. The zero-order valence-corrected chi connectivity index (χ0v) is 67.2. The number of hydrogen-bond acceptors (Lipinski definition) is 35. The summed E-state index contributed by atoms with van der Waals surface area (Å²) in [4.78, 5) is 41.0. The summed E-state index contributed by atoms with van der Waals surface area (Å²) in [6.07, 6.45) is -35.9. The van der Waals surface area contributed by atoms with Gasteiger partial charge >= 0.3 is 5.97 Å². The molecule has 0 saturated carbocycles. The standard InChI is InChI=1S/C83H91ClN8O34/c1-29-61(99)44(85)26-52(117-29)124-72-35-11-19-47(43(84)21-35)121-49-23-36-22-48(73(49)126-83-70(108)67(105)64(102)51(28-94)123-83)119-39-16-8-33(9-17-39)71(125-82-69(107)66(104)63(101)50(27-93)122-82)59(91-74(109)54(86-3)31-6-14-40(15-7-31)120-81-68(106)65(103)62(100)30(2)118-81)78(113)87-55(32-4-12-37(95)13-5-32)75(110)89-57(36)77(112)88-56-34-10-18-45(97)41(20-34)53-42(24-38(96)25-46(53)98)58(80(115)116)90-79(114)60(72)92-76(56)111/h4-25,29-30,44,50-52,54-72,81-83,86,93-108H,26-28,85H2,1-3H3,(H,87,113)(H,88,112)(H,89,110)(H,90,114)(H,91,109)(H,92,111)(H,115,116). The van der Waals surface area contributed by atoms with E-state index in [1.165, 1.54) is 99.8 Å². The van der Waals surface area contributed by atoms with Crippen molar-refractivity contribution in [1.29, 1.82) is 0 Å². The Bertz CT molecular complexity index is 5290. The number of nitrogens with zero attached hydrogens (tertiary/aromatic N) is 6. The first kappa shape index (κ1) is 90.9. The minimum absolute atomic E-state index is 0.0318. The van der Waals surface area contributed by atoms with Gasteiger partial charge in [-0.25, -0.2) is 34.7 Å². The van der Waals surface area contributed by atoms with Crippen molar-refractivity contribution in [3.05, 3.63) is 177 Å². The number of benzene rings is 7. The smallest absolute Gasteiger partial charge is 0.333 e. The topological polar surface area (TPSA) is 687 Å². The summed E-state index contributed by atoms with van der Waals surface area (Å²) >= 11 is 7.34. The summed E-state index contributed by atoms with van der Waals surface area (Å²) in [6, 6.07) is 9.15. The number of aliphatic hydroxyl groups excluding tert-OH is 18. The molecule has 126 heavy (non-hydrogen) atoms. The maximum Gasteiger partial charge on any atom is 0.333 e. The molecule has 11 bridgehead atoms. The minimum Gasteiger partial charge on any atom is -0.508 e. The predicted octanol–water partition coefficient (Wildman–Crippen LogP) is 2.66. The Morgan fingerprint density at radius 2 is 1.06 bits per heavy atom. The van der Waals surface area contributed by atoms with Gasteiger partial charge in [0, 0.05) is 35.2 Å². The number of carboxylic acid groups (broad SMARTS) is 1. The maximum atomic E-state index is 13.7. The van der Waals surface area contributed by atoms with E-state index in [-0.39, 0.29) is 45.7 Å². The van der Waals surface area contributed by atoms with Crippen molar-refractivity contribution < 1.29 is 170 Å². The Kier molecular flexibility index (Phi) is 27.2. The van der Waals surface area contributed by atoms with E-state index < -0.39 is 299 Å². The van der Waals surface area contributed by atoms with Crippen molar-refractivity contribution >= 4 is 53.0 Å². The van der Waals surface area contributed by atoms with Gasteiger partial charge in [0.1, 0.15) is 126 Å². The van der Waals surface area contributed by atoms with Crippen LogP contribution in [0.15, 0.2) is 163 Å². The highest BCUT2D eigenvalue weighted by atomic mass is 35.5. The molecule has 28 unspecified atom stereocenters. The van der Waals surface area contributed by atoms with Gasteiger partial charge in [0.05, 0.1) is 36.5 Å². The van der Waals surface area contributed by atoms with E-state index in [1.807, 2.05) is 0 Å². The van der Waals surface area contributed by atoms with Crippen LogP contribution in [-0.4, -0.2) is 308 Å². The number of nitrogens with two attached hydrogens (primary N) is 1. The summed E-state index contributed by atoms with van der Waals surface area (Å²) in [5, 5.41) is 270. The molecule has 9 heterocycles. The van der Waals surface area contributed by atoms with Crippen LogP contribution < -0.4 is 30.0 Å². The van der Waals surface area contributed by atoms with Crippen LogP contribution in [0.25, 0.3) is 11.1 Å². The SMILES string of the molecule is CNC(C(O)=NC1C(O)=NC(c2ccc(O)cc2)C(O)=NC2C(O)=NC3C(O)=NC(C(O)=NC(C(=O)O)c4cc(O)cc(O)c4-c4cc3ccc4O)C(OC3CC(N)C(O)C(C)O3)c3ccc(c(Cl)c3)Oc3cc2cc(c3OC2OC(CO)C(O)C(O)C2O)Oc2ccc(cc2)C1OC1OC(CO)C(O)C(O)C1O)c1ccc(OC2OC(C)C(O)C(O)C2O)cc1. The largest absolute Gasteiger partial charge is 0.508 e. The van der Waals surface area contributed by atoms with Crippen LogP contribution in [-0.2, 0) is 33.2 Å². The van der Waals surface area contributed by atoms with Gasteiger partial charge in [-0.15, -0.1) is 0 Å². The Balaban J connectivity index is 1.04. The Morgan fingerprint density at radius 3 is 1.68 bits per heavy atom. The summed E-state index contributed by atoms with van der Waals surface area (Å²) in [6.45, 7) is 0.892. The number of phenols is 4. The van der Waals surface area contributed by atoms with Crippen LogP contribution in [0.5, 0.6) is 57.5 Å². The number of fused-ring (bicyclic) bond motifs is 12. The molecule has 9 aliphatic heterocycles. The average molecular weight is 1780 g/mol. The van der Waals surface area contributed by atoms with Crippen LogP contribution in [0.3, 0.4) is 0 Å². The number of rotatable bonds is 16. The lowest BCUT2D eigenvalue weighted by Gasteiger charge is -2.41. The van der Waals surface area contributed by atoms with Crippen LogP contribution in [0.1, 0.15) is 102 Å². The van der Waals surface area contributed by atoms with Crippen molar-refractivity contribution in [2.75, 3.05) is 20.3 Å². The number of aliphatic carboxylic acids is 1. The Hall–Kier alpha value is -11.3. The number of halogens is 1. The molecule has 7 aromatic rings. The first-order valence-corrected chi connectivity index (χ1v) is 39.6. The lowest BCUT2D eigenvalue weighted by molar-refractivity contribution is -0.312. The summed E-state index contributed by atoms with van der Waals surface area (Å²) in [5.74, 6) is -14.7. The minimum atomic E-state index is -2.41. The van der Waals surface area contributed by atoms with Crippen molar-refractivity contribution in [2.24, 2.45) is 35.7 Å². The second-order valence-corrected chi connectivity index (χ2v) is 31.2. The lowest BCUT2D eigenvalue weighted by atomic mass is 9.90. The van der Waals surface area contributed by atoms with Gasteiger partial charge in [0.15, 0.2) is 60.3 Å². The molecular weight excluding hydrogens is 1690 g/mol. The van der Waals surface area contributed by atoms with Crippen LogP contribution in [0.4, 0.5) is 0 Å². The van der Waals surface area contributed by atoms with Gasteiger partial charge in [0.2, 0.25) is 53.7 Å². The third-order valence-electron chi connectivity index (χ3n) is 22.3. The molecule has 9 aliphatic rings. The highest BCUT2D eigenvalue weighted by Gasteiger charge is 2.50. The van der Waals surface area contributed by atoms with Gasteiger partial charge < -0.3 is 176 Å². The van der Waals surface area contributed by atoms with Gasteiger partial charge in [-0.2, -0.15) is 0 Å². The molecule has 4 saturated heterocycles. The molecule has 43 heteroatoms. The average Bonchev–Trinajstić information content (AvgIpc) is 0.762. The second-order valence-electron chi connectivity index (χ2n) is 30.7. The molecule has 0 aromatic heterocycles. The van der Waals surface area contributed by atoms with E-state index in [0.717, 1.165) is 54.6 Å². The predicted molar refractivity (Wildman–Crippen MR) is 436 cm³/mol. The first-order valence-electron chi connectivity index (χ1n) is 39.3. The number of likely N-dealkylation sites (N-methyl/N-ethyl adjacent to an activating group) is 1. The van der Waals surface area contributed by atoms with Crippen molar-refractivity contribution in [3.8, 4) is 68.6 Å². The number of aliphatic hydroxyl groups is 18. The van der Waals surface area contributed by atoms with E-state index in [1.54, 1.807) is 0 Å². The van der Waals surface area contributed by atoms with Gasteiger partial charge in [0.25, 0.3) is 0 Å². The molecule has 0 radical (unpaired) electrons. The maximum absolute atomic E-state index is 13.7. The lowest BCUT2D eigenvalue weighted by Crippen LogP contribution is -2.60. The monoisotopic (exact) mass is 1780 g/mol. The second kappa shape index (κ2) is 37.7. The zero-order valence-electron chi connectivity index (χ0n) is 66.4. The number of aromatic hydroxyl groups is 4. The molecule has 42 nitrogen and oxygen atoms in total. The number of aliphatic imine (C=N–C) groups is 6. The van der Waals surface area contributed by atoms with E-state index in [4.69, 9.17) is 64.7 Å². The third kappa shape index (κ3) is 18.6. The highest BCUT2D eigenvalue weighted by molar-refractivity contribution is 6.32. The zero-order chi connectivity index (χ0) is 90.5. The fraction of sp³-hybridized carbons (Fsp3) is 0.410. The summed E-state index contributed by atoms with van der Waals surface area (Å²) in [5.41, 5.74) is 3.61. The van der Waals surface area contributed by atoms with Crippen molar-refractivity contribution in [2.45, 2.75) is 191 Å². The number of carbonyl (C=O) groups is 1. The van der Waals surface area contributed by atoms with Crippen molar-refractivity contribution in [1.82, 2.24) is 5.32 Å². The van der Waals surface area contributed by atoms with Crippen molar-refractivity contribution in [3.63, 3.8) is 0 Å². The molecular formula is C83H91ClN8O34. The summed E-state index contributed by atoms with van der Waals surface area (Å²) < 4.78 is 62.5. The van der Waals surface area contributed by atoms with Crippen LogP contribution in [0, 0.1) is 0 Å². The van der Waals surface area contributed by atoms with Crippen LogP contribution >= 0.6 is 11.6 Å². The molecule has 0 amide bonds. The number of ether oxygens (including phenoxy) is 10. The summed E-state index contributed by atoms with van der Waals surface area (Å²) in [7, 11) is 1.38. The Labute approximate surface area is 718 Å². The quantitative estimate of drug-likeness (QED) is 0.0488. The third-order valence-corrected chi connectivity index (χ3v) is 22.6. The van der Waals surface area contributed by atoms with E-state index >= 15 is 0 Å². The number of nitrogens with one attached hydrogen (secondary N) is 1. The molecule has 7 aromatic carbocycles. The number of carboxylic acids is 1. The fourth-order valence-electron chi connectivity index (χ4n) is 15.4.